The molecule has 2 unspecified atom stereocenters. The van der Waals surface area contributed by atoms with Crippen molar-refractivity contribution < 1.29 is 0 Å². The molecular weight excluding hydrogens is 150 g/mol. The van der Waals surface area contributed by atoms with E-state index in [9.17, 15) is 0 Å². The third-order valence-electron chi connectivity index (χ3n) is 2.25. The highest BCUT2D eigenvalue weighted by molar-refractivity contribution is 5.11. The predicted octanol–water partition coefficient (Wildman–Crippen LogP) is 1.52. The molecule has 0 aliphatic heterocycles. The lowest BCUT2D eigenvalue weighted by Gasteiger charge is -2.17. The Morgan fingerprint density at radius 3 is 2.75 bits per heavy atom. The van der Waals surface area contributed by atoms with Gasteiger partial charge in [-0.1, -0.05) is 20.3 Å². The second kappa shape index (κ2) is 4.16. The molecule has 2 atom stereocenters. The van der Waals surface area contributed by atoms with Crippen LogP contribution in [0.3, 0.4) is 0 Å². The largest absolute Gasteiger partial charge is 0.324 e. The van der Waals surface area contributed by atoms with E-state index >= 15 is 0 Å². The predicted molar refractivity (Wildman–Crippen MR) is 48.4 cm³/mol. The number of nitrogens with two attached hydrogens (primary N) is 1. The highest BCUT2D eigenvalue weighted by atomic mass is 15.1. The zero-order valence-corrected chi connectivity index (χ0v) is 7.57. The molecular formula is C9H15N3. The average molecular weight is 165 g/mol. The van der Waals surface area contributed by atoms with E-state index in [1.165, 1.54) is 0 Å². The summed E-state index contributed by atoms with van der Waals surface area (Å²) in [5, 5.41) is 7.50. The van der Waals surface area contributed by atoms with E-state index in [4.69, 9.17) is 5.73 Å². The standard InChI is InChI=1S/C9H15N3/c1-3-7(2)9(10)8-4-5-11-12-6-8/h4-7,9H,3,10H2,1-2H3. The first kappa shape index (κ1) is 9.13. The summed E-state index contributed by atoms with van der Waals surface area (Å²) in [6, 6.07) is 2.01. The van der Waals surface area contributed by atoms with Gasteiger partial charge in [-0.05, 0) is 17.5 Å². The Morgan fingerprint density at radius 2 is 2.25 bits per heavy atom. The van der Waals surface area contributed by atoms with Gasteiger partial charge in [0.15, 0.2) is 0 Å². The number of nitrogens with zero attached hydrogens (tertiary/aromatic N) is 2. The van der Waals surface area contributed by atoms with Gasteiger partial charge in [0, 0.05) is 12.2 Å². The van der Waals surface area contributed by atoms with Gasteiger partial charge in [-0.3, -0.25) is 0 Å². The Kier molecular flexibility index (Phi) is 3.17. The van der Waals surface area contributed by atoms with Crippen LogP contribution in [0.5, 0.6) is 0 Å². The molecule has 1 heterocycles. The zero-order chi connectivity index (χ0) is 8.97. The molecule has 12 heavy (non-hydrogen) atoms. The molecule has 0 radical (unpaired) electrons. The highest BCUT2D eigenvalue weighted by Crippen LogP contribution is 2.19. The fourth-order valence-electron chi connectivity index (χ4n) is 1.08. The molecule has 1 rings (SSSR count). The lowest BCUT2D eigenvalue weighted by atomic mass is 9.95. The minimum Gasteiger partial charge on any atom is -0.324 e. The van der Waals surface area contributed by atoms with Crippen molar-refractivity contribution in [3.05, 3.63) is 24.0 Å². The molecule has 0 spiro atoms. The maximum absolute atomic E-state index is 5.98. The van der Waals surface area contributed by atoms with Crippen LogP contribution in [0.25, 0.3) is 0 Å². The van der Waals surface area contributed by atoms with Crippen molar-refractivity contribution in [2.75, 3.05) is 0 Å². The number of hydrogen-bond acceptors (Lipinski definition) is 3. The van der Waals surface area contributed by atoms with E-state index < -0.39 is 0 Å². The van der Waals surface area contributed by atoms with Crippen molar-refractivity contribution in [1.29, 1.82) is 0 Å². The summed E-state index contributed by atoms with van der Waals surface area (Å²) in [5.41, 5.74) is 7.05. The number of aromatic nitrogens is 2. The molecule has 3 nitrogen and oxygen atoms in total. The lowest BCUT2D eigenvalue weighted by molar-refractivity contribution is 0.455. The van der Waals surface area contributed by atoms with E-state index in [0.717, 1.165) is 12.0 Å². The van der Waals surface area contributed by atoms with E-state index in [2.05, 4.69) is 24.0 Å². The van der Waals surface area contributed by atoms with E-state index in [0.29, 0.717) is 5.92 Å². The van der Waals surface area contributed by atoms with Gasteiger partial charge < -0.3 is 5.73 Å². The third kappa shape index (κ3) is 2.01. The van der Waals surface area contributed by atoms with Gasteiger partial charge >= 0.3 is 0 Å². The summed E-state index contributed by atoms with van der Waals surface area (Å²) < 4.78 is 0. The van der Waals surface area contributed by atoms with Gasteiger partial charge in [-0.2, -0.15) is 10.2 Å². The normalized spacial score (nSPS) is 15.6. The molecule has 2 N–H and O–H groups in total. The lowest BCUT2D eigenvalue weighted by Crippen LogP contribution is -2.18. The molecule has 0 bridgehead atoms. The van der Waals surface area contributed by atoms with Crippen molar-refractivity contribution in [3.63, 3.8) is 0 Å². The molecule has 0 amide bonds. The first-order valence-corrected chi connectivity index (χ1v) is 4.28. The van der Waals surface area contributed by atoms with Gasteiger partial charge in [0.2, 0.25) is 0 Å². The minimum atomic E-state index is 0.0884. The van der Waals surface area contributed by atoms with Gasteiger partial charge in [0.1, 0.15) is 0 Å². The fourth-order valence-corrected chi connectivity index (χ4v) is 1.08. The molecule has 0 fully saturated rings. The van der Waals surface area contributed by atoms with Gasteiger partial charge in [-0.25, -0.2) is 0 Å². The van der Waals surface area contributed by atoms with Crippen LogP contribution in [-0.2, 0) is 0 Å². The summed E-state index contributed by atoms with van der Waals surface area (Å²) in [6.07, 6.45) is 4.50. The van der Waals surface area contributed by atoms with Crippen molar-refractivity contribution in [3.8, 4) is 0 Å². The Labute approximate surface area is 73.0 Å². The third-order valence-corrected chi connectivity index (χ3v) is 2.25. The molecule has 0 aliphatic rings. The minimum absolute atomic E-state index is 0.0884. The Balaban J connectivity index is 2.71. The Bertz CT molecular complexity index is 222. The fraction of sp³-hybridized carbons (Fsp3) is 0.556. The maximum Gasteiger partial charge on any atom is 0.0544 e. The summed E-state index contributed by atoms with van der Waals surface area (Å²) >= 11 is 0. The first-order valence-electron chi connectivity index (χ1n) is 4.28. The maximum atomic E-state index is 5.98. The average Bonchev–Trinajstić information content (AvgIpc) is 2.17. The van der Waals surface area contributed by atoms with E-state index in [-0.39, 0.29) is 6.04 Å². The van der Waals surface area contributed by atoms with Crippen LogP contribution in [0, 0.1) is 5.92 Å². The molecule has 0 aliphatic carbocycles. The van der Waals surface area contributed by atoms with Crippen molar-refractivity contribution >= 4 is 0 Å². The van der Waals surface area contributed by atoms with E-state index in [1.54, 1.807) is 12.4 Å². The van der Waals surface area contributed by atoms with Crippen LogP contribution in [0.4, 0.5) is 0 Å². The Morgan fingerprint density at radius 1 is 1.50 bits per heavy atom. The summed E-state index contributed by atoms with van der Waals surface area (Å²) in [5.74, 6) is 0.495. The zero-order valence-electron chi connectivity index (χ0n) is 7.57. The highest BCUT2D eigenvalue weighted by Gasteiger charge is 2.12. The van der Waals surface area contributed by atoms with Crippen LogP contribution < -0.4 is 5.73 Å². The first-order chi connectivity index (χ1) is 5.75. The number of rotatable bonds is 3. The summed E-state index contributed by atoms with van der Waals surface area (Å²) in [7, 11) is 0. The smallest absolute Gasteiger partial charge is 0.0544 e. The molecule has 66 valence electrons. The summed E-state index contributed by atoms with van der Waals surface area (Å²) in [6.45, 7) is 4.28. The summed E-state index contributed by atoms with van der Waals surface area (Å²) in [4.78, 5) is 0. The van der Waals surface area contributed by atoms with Gasteiger partial charge in [-0.15, -0.1) is 0 Å². The van der Waals surface area contributed by atoms with Crippen LogP contribution >= 0.6 is 0 Å². The van der Waals surface area contributed by atoms with Crippen molar-refractivity contribution in [1.82, 2.24) is 10.2 Å². The SMILES string of the molecule is CCC(C)C(N)c1ccnnc1. The molecule has 3 heteroatoms. The van der Waals surface area contributed by atoms with Crippen molar-refractivity contribution in [2.24, 2.45) is 11.7 Å². The second-order valence-corrected chi connectivity index (χ2v) is 3.09. The second-order valence-electron chi connectivity index (χ2n) is 3.09. The Hall–Kier alpha value is -0.960. The van der Waals surface area contributed by atoms with Gasteiger partial charge in [0.05, 0.1) is 6.20 Å². The van der Waals surface area contributed by atoms with Crippen LogP contribution in [0.1, 0.15) is 31.9 Å². The molecule has 0 saturated carbocycles. The topological polar surface area (TPSA) is 51.8 Å². The van der Waals surface area contributed by atoms with E-state index in [1.807, 2.05) is 6.07 Å². The van der Waals surface area contributed by atoms with Gasteiger partial charge in [0.25, 0.3) is 0 Å². The molecule has 1 aromatic rings. The van der Waals surface area contributed by atoms with Crippen LogP contribution in [0.2, 0.25) is 0 Å². The molecule has 0 aromatic carbocycles. The molecule has 1 aromatic heterocycles. The molecule has 0 saturated heterocycles. The van der Waals surface area contributed by atoms with Crippen LogP contribution in [-0.4, -0.2) is 10.2 Å². The number of hydrogen-bond donors (Lipinski definition) is 1. The van der Waals surface area contributed by atoms with Crippen molar-refractivity contribution in [2.45, 2.75) is 26.3 Å². The quantitative estimate of drug-likeness (QED) is 0.738. The monoisotopic (exact) mass is 165 g/mol. The van der Waals surface area contributed by atoms with Crippen LogP contribution in [0.15, 0.2) is 18.5 Å².